The Morgan fingerprint density at radius 2 is 2.13 bits per heavy atom. The van der Waals surface area contributed by atoms with Crippen molar-refractivity contribution < 1.29 is 9.90 Å². The van der Waals surface area contributed by atoms with Gasteiger partial charge in [-0.3, -0.25) is 4.79 Å². The highest BCUT2D eigenvalue weighted by atomic mass is 16.4. The molecule has 1 N–H and O–H groups in total. The molecule has 0 spiro atoms. The number of hydrogen-bond acceptors (Lipinski definition) is 1. The molecule has 0 saturated carbocycles. The Morgan fingerprint density at radius 1 is 1.47 bits per heavy atom. The minimum Gasteiger partial charge on any atom is -0.481 e. The summed E-state index contributed by atoms with van der Waals surface area (Å²) in [7, 11) is 0. The summed E-state index contributed by atoms with van der Waals surface area (Å²) in [5, 5.41) is 8.68. The van der Waals surface area contributed by atoms with Crippen molar-refractivity contribution in [3.8, 4) is 0 Å². The average Bonchev–Trinajstić information content (AvgIpc) is 2.16. The lowest BCUT2D eigenvalue weighted by atomic mass is 9.92. The maximum Gasteiger partial charge on any atom is 0.307 e. The van der Waals surface area contributed by atoms with Crippen molar-refractivity contribution in [1.82, 2.24) is 0 Å². The van der Waals surface area contributed by atoms with Crippen molar-refractivity contribution in [3.63, 3.8) is 0 Å². The van der Waals surface area contributed by atoms with Crippen LogP contribution in [0.1, 0.15) is 42.9 Å². The average molecular weight is 206 g/mol. The van der Waals surface area contributed by atoms with Crippen molar-refractivity contribution in [2.24, 2.45) is 0 Å². The molecule has 1 aromatic rings. The minimum absolute atomic E-state index is 0.113. The van der Waals surface area contributed by atoms with Gasteiger partial charge in [0.05, 0.1) is 6.42 Å². The van der Waals surface area contributed by atoms with Crippen LogP contribution >= 0.6 is 0 Å². The molecule has 1 aromatic carbocycles. The molecule has 1 atom stereocenters. The topological polar surface area (TPSA) is 37.3 Å². The third kappa shape index (κ3) is 3.08. The van der Waals surface area contributed by atoms with Crippen LogP contribution in [0.15, 0.2) is 18.2 Å². The van der Waals surface area contributed by atoms with Gasteiger partial charge in [0, 0.05) is 0 Å². The predicted molar refractivity (Wildman–Crippen MR) is 61.2 cm³/mol. The number of rotatable bonds is 4. The second-order valence-corrected chi connectivity index (χ2v) is 4.07. The van der Waals surface area contributed by atoms with Gasteiger partial charge in [0.1, 0.15) is 0 Å². The van der Waals surface area contributed by atoms with E-state index in [1.807, 2.05) is 19.1 Å². The van der Waals surface area contributed by atoms with E-state index in [9.17, 15) is 4.79 Å². The van der Waals surface area contributed by atoms with E-state index < -0.39 is 5.97 Å². The first-order valence-electron chi connectivity index (χ1n) is 5.35. The number of carbonyl (C=O) groups is 1. The number of benzene rings is 1. The molecule has 2 nitrogen and oxygen atoms in total. The molecule has 1 rings (SSSR count). The summed E-state index contributed by atoms with van der Waals surface area (Å²) in [6, 6.07) is 5.96. The van der Waals surface area contributed by atoms with Gasteiger partial charge in [-0.1, -0.05) is 32.0 Å². The number of aliphatic carboxylic acids is 1. The first-order chi connectivity index (χ1) is 7.04. The summed E-state index contributed by atoms with van der Waals surface area (Å²) in [6.45, 7) is 6.40. The Balaban J connectivity index is 2.92. The molecule has 0 heterocycles. The highest BCUT2D eigenvalue weighted by Crippen LogP contribution is 2.23. The first kappa shape index (κ1) is 11.8. The maximum atomic E-state index is 10.6. The molecule has 0 aromatic heterocycles. The Hall–Kier alpha value is -1.31. The molecule has 2 heteroatoms. The third-order valence-electron chi connectivity index (χ3n) is 2.83. The Labute approximate surface area is 90.9 Å². The number of carboxylic acid groups (broad SMARTS) is 1. The van der Waals surface area contributed by atoms with Gasteiger partial charge in [0.25, 0.3) is 0 Å². The highest BCUT2D eigenvalue weighted by Gasteiger charge is 2.08. The predicted octanol–water partition coefficient (Wildman–Crippen LogP) is 3.14. The van der Waals surface area contributed by atoms with Gasteiger partial charge in [-0.05, 0) is 36.0 Å². The van der Waals surface area contributed by atoms with E-state index in [2.05, 4.69) is 19.9 Å². The number of aryl methyl sites for hydroxylation is 1. The molecule has 0 aliphatic carbocycles. The van der Waals surface area contributed by atoms with Crippen LogP contribution in [0.2, 0.25) is 0 Å². The fourth-order valence-corrected chi connectivity index (χ4v) is 1.80. The fourth-order valence-electron chi connectivity index (χ4n) is 1.80. The van der Waals surface area contributed by atoms with E-state index in [1.165, 1.54) is 11.1 Å². The van der Waals surface area contributed by atoms with Crippen LogP contribution in [-0.4, -0.2) is 11.1 Å². The van der Waals surface area contributed by atoms with Crippen molar-refractivity contribution in [1.29, 1.82) is 0 Å². The minimum atomic E-state index is -0.773. The van der Waals surface area contributed by atoms with E-state index in [0.29, 0.717) is 5.92 Å². The second kappa shape index (κ2) is 4.96. The fraction of sp³-hybridized carbons (Fsp3) is 0.462. The van der Waals surface area contributed by atoms with Crippen LogP contribution in [0.4, 0.5) is 0 Å². The molecule has 0 unspecified atom stereocenters. The zero-order valence-electron chi connectivity index (χ0n) is 9.58. The molecule has 0 aliphatic rings. The van der Waals surface area contributed by atoms with Crippen LogP contribution < -0.4 is 0 Å². The standard InChI is InChI=1S/C13H18O2/c1-4-9(2)12-6-5-11(7-10(12)3)8-13(14)15/h5-7,9H,4,8H2,1-3H3,(H,14,15)/t9-/m1/s1. The Bertz CT molecular complexity index is 356. The molecule has 0 amide bonds. The van der Waals surface area contributed by atoms with E-state index >= 15 is 0 Å². The lowest BCUT2D eigenvalue weighted by Crippen LogP contribution is -2.02. The van der Waals surface area contributed by atoms with Gasteiger partial charge in [0.2, 0.25) is 0 Å². The first-order valence-corrected chi connectivity index (χ1v) is 5.35. The van der Waals surface area contributed by atoms with E-state index in [4.69, 9.17) is 5.11 Å². The Morgan fingerprint density at radius 3 is 2.60 bits per heavy atom. The van der Waals surface area contributed by atoms with Crippen LogP contribution in [0.3, 0.4) is 0 Å². The van der Waals surface area contributed by atoms with Crippen LogP contribution in [-0.2, 0) is 11.2 Å². The normalized spacial score (nSPS) is 12.5. The monoisotopic (exact) mass is 206 g/mol. The summed E-state index contributed by atoms with van der Waals surface area (Å²) in [5.74, 6) is -0.227. The Kier molecular flexibility index (Phi) is 3.89. The molecular formula is C13H18O2. The molecule has 0 saturated heterocycles. The van der Waals surface area contributed by atoms with Crippen molar-refractivity contribution in [3.05, 3.63) is 34.9 Å². The van der Waals surface area contributed by atoms with Crippen LogP contribution in [0.5, 0.6) is 0 Å². The zero-order valence-corrected chi connectivity index (χ0v) is 9.58. The van der Waals surface area contributed by atoms with Gasteiger partial charge in [-0.2, -0.15) is 0 Å². The van der Waals surface area contributed by atoms with E-state index in [1.54, 1.807) is 0 Å². The lowest BCUT2D eigenvalue weighted by molar-refractivity contribution is -0.136. The molecule has 0 aliphatic heterocycles. The third-order valence-corrected chi connectivity index (χ3v) is 2.83. The van der Waals surface area contributed by atoms with Gasteiger partial charge in [-0.15, -0.1) is 0 Å². The van der Waals surface area contributed by atoms with Crippen molar-refractivity contribution in [2.45, 2.75) is 39.5 Å². The van der Waals surface area contributed by atoms with Crippen LogP contribution in [0.25, 0.3) is 0 Å². The second-order valence-electron chi connectivity index (χ2n) is 4.07. The van der Waals surface area contributed by atoms with Crippen molar-refractivity contribution in [2.75, 3.05) is 0 Å². The summed E-state index contributed by atoms with van der Waals surface area (Å²) in [5.41, 5.74) is 3.40. The zero-order chi connectivity index (χ0) is 11.4. The summed E-state index contributed by atoms with van der Waals surface area (Å²) in [6.07, 6.45) is 1.22. The van der Waals surface area contributed by atoms with Crippen molar-refractivity contribution >= 4 is 5.97 Å². The number of hydrogen-bond donors (Lipinski definition) is 1. The molecule has 82 valence electrons. The lowest BCUT2D eigenvalue weighted by Gasteiger charge is -2.13. The molecule has 15 heavy (non-hydrogen) atoms. The van der Waals surface area contributed by atoms with Gasteiger partial charge in [0.15, 0.2) is 0 Å². The molecular weight excluding hydrogens is 188 g/mol. The van der Waals surface area contributed by atoms with Gasteiger partial charge in [-0.25, -0.2) is 0 Å². The quantitative estimate of drug-likeness (QED) is 0.821. The maximum absolute atomic E-state index is 10.6. The van der Waals surface area contributed by atoms with Crippen LogP contribution in [0, 0.1) is 6.92 Å². The number of carboxylic acids is 1. The largest absolute Gasteiger partial charge is 0.481 e. The smallest absolute Gasteiger partial charge is 0.307 e. The van der Waals surface area contributed by atoms with E-state index in [0.717, 1.165) is 12.0 Å². The summed E-state index contributed by atoms with van der Waals surface area (Å²) < 4.78 is 0. The highest BCUT2D eigenvalue weighted by molar-refractivity contribution is 5.70. The van der Waals surface area contributed by atoms with Gasteiger partial charge < -0.3 is 5.11 Å². The molecule has 0 radical (unpaired) electrons. The molecule has 0 fully saturated rings. The molecule has 0 bridgehead atoms. The summed E-state index contributed by atoms with van der Waals surface area (Å²) in [4.78, 5) is 10.6. The summed E-state index contributed by atoms with van der Waals surface area (Å²) >= 11 is 0. The van der Waals surface area contributed by atoms with E-state index in [-0.39, 0.29) is 6.42 Å². The SMILES string of the molecule is CC[C@@H](C)c1ccc(CC(=O)O)cc1C. The van der Waals surface area contributed by atoms with Gasteiger partial charge >= 0.3 is 5.97 Å².